The zero-order valence-electron chi connectivity index (χ0n) is 12.0. The van der Waals surface area contributed by atoms with E-state index in [1.54, 1.807) is 7.11 Å². The SMILES string of the molecule is COc1cccc(COC(=O)CC(N)c2ccccc2)c1. The third-order valence-corrected chi connectivity index (χ3v) is 3.15. The molecule has 4 nitrogen and oxygen atoms in total. The van der Waals surface area contributed by atoms with Crippen molar-refractivity contribution in [2.75, 3.05) is 7.11 Å². The fraction of sp³-hybridized carbons (Fsp3) is 0.235. The number of carbonyl (C=O) groups is 1. The molecule has 0 saturated carbocycles. The summed E-state index contributed by atoms with van der Waals surface area (Å²) in [4.78, 5) is 11.8. The molecule has 0 bridgehead atoms. The molecule has 2 N–H and O–H groups in total. The summed E-state index contributed by atoms with van der Waals surface area (Å²) in [5.41, 5.74) is 7.80. The third kappa shape index (κ3) is 4.61. The average Bonchev–Trinajstić information content (AvgIpc) is 2.54. The molecule has 0 heterocycles. The number of carbonyl (C=O) groups excluding carboxylic acids is 1. The highest BCUT2D eigenvalue weighted by Crippen LogP contribution is 2.16. The third-order valence-electron chi connectivity index (χ3n) is 3.15. The molecule has 2 aromatic carbocycles. The first kappa shape index (κ1) is 15.1. The lowest BCUT2D eigenvalue weighted by atomic mass is 10.1. The fourth-order valence-corrected chi connectivity index (χ4v) is 1.98. The smallest absolute Gasteiger partial charge is 0.308 e. The molecule has 0 saturated heterocycles. The van der Waals surface area contributed by atoms with Crippen LogP contribution in [-0.2, 0) is 16.1 Å². The van der Waals surface area contributed by atoms with Crippen LogP contribution >= 0.6 is 0 Å². The standard InChI is InChI=1S/C17H19NO3/c1-20-15-9-5-6-13(10-15)12-21-17(19)11-16(18)14-7-3-2-4-8-14/h2-10,16H,11-12,18H2,1H3. The number of methoxy groups -OCH3 is 1. The van der Waals surface area contributed by atoms with Crippen LogP contribution in [0.1, 0.15) is 23.6 Å². The van der Waals surface area contributed by atoms with Crippen LogP contribution in [0.25, 0.3) is 0 Å². The van der Waals surface area contributed by atoms with Crippen LogP contribution in [0.15, 0.2) is 54.6 Å². The van der Waals surface area contributed by atoms with E-state index in [0.717, 1.165) is 16.9 Å². The van der Waals surface area contributed by atoms with E-state index in [0.29, 0.717) is 0 Å². The molecule has 0 fully saturated rings. The van der Waals surface area contributed by atoms with Crippen molar-refractivity contribution < 1.29 is 14.3 Å². The molecule has 110 valence electrons. The molecular formula is C17H19NO3. The highest BCUT2D eigenvalue weighted by Gasteiger charge is 2.12. The Balaban J connectivity index is 1.84. The minimum Gasteiger partial charge on any atom is -0.497 e. The van der Waals surface area contributed by atoms with E-state index in [1.165, 1.54) is 0 Å². The quantitative estimate of drug-likeness (QED) is 0.829. The molecule has 0 aromatic heterocycles. The largest absolute Gasteiger partial charge is 0.497 e. The van der Waals surface area contributed by atoms with Crippen molar-refractivity contribution in [3.8, 4) is 5.75 Å². The van der Waals surface area contributed by atoms with Gasteiger partial charge in [-0.05, 0) is 23.3 Å². The van der Waals surface area contributed by atoms with Gasteiger partial charge in [-0.2, -0.15) is 0 Å². The Morgan fingerprint density at radius 1 is 1.14 bits per heavy atom. The summed E-state index contributed by atoms with van der Waals surface area (Å²) in [6.45, 7) is 0.220. The van der Waals surface area contributed by atoms with Gasteiger partial charge in [-0.3, -0.25) is 4.79 Å². The Hall–Kier alpha value is -2.33. The Morgan fingerprint density at radius 3 is 2.62 bits per heavy atom. The summed E-state index contributed by atoms with van der Waals surface area (Å²) in [6.07, 6.45) is 0.161. The lowest BCUT2D eigenvalue weighted by Gasteiger charge is -2.12. The molecule has 0 aliphatic heterocycles. The monoisotopic (exact) mass is 285 g/mol. The molecule has 0 amide bonds. The first-order valence-electron chi connectivity index (χ1n) is 6.78. The van der Waals surface area contributed by atoms with Gasteiger partial charge in [-0.15, -0.1) is 0 Å². The van der Waals surface area contributed by atoms with Gasteiger partial charge in [0.15, 0.2) is 0 Å². The summed E-state index contributed by atoms with van der Waals surface area (Å²) in [5, 5.41) is 0. The molecule has 2 rings (SSSR count). The summed E-state index contributed by atoms with van der Waals surface area (Å²) in [5.74, 6) is 0.429. The van der Waals surface area contributed by atoms with E-state index in [4.69, 9.17) is 15.2 Å². The predicted molar refractivity (Wildman–Crippen MR) is 80.8 cm³/mol. The molecule has 2 aromatic rings. The maximum atomic E-state index is 11.8. The fourth-order valence-electron chi connectivity index (χ4n) is 1.98. The van der Waals surface area contributed by atoms with Crippen molar-refractivity contribution in [1.29, 1.82) is 0 Å². The minimum atomic E-state index is -0.344. The van der Waals surface area contributed by atoms with Crippen LogP contribution in [0.2, 0.25) is 0 Å². The van der Waals surface area contributed by atoms with Crippen molar-refractivity contribution in [1.82, 2.24) is 0 Å². The van der Waals surface area contributed by atoms with Gasteiger partial charge in [0.05, 0.1) is 13.5 Å². The highest BCUT2D eigenvalue weighted by atomic mass is 16.5. The van der Waals surface area contributed by atoms with Crippen LogP contribution in [0, 0.1) is 0 Å². The normalized spacial score (nSPS) is 11.7. The van der Waals surface area contributed by atoms with E-state index >= 15 is 0 Å². The molecule has 4 heteroatoms. The van der Waals surface area contributed by atoms with Gasteiger partial charge in [0.25, 0.3) is 0 Å². The summed E-state index contributed by atoms with van der Waals surface area (Å²) in [7, 11) is 1.60. The second-order valence-electron chi connectivity index (χ2n) is 4.73. The minimum absolute atomic E-state index is 0.161. The first-order valence-corrected chi connectivity index (χ1v) is 6.78. The average molecular weight is 285 g/mol. The summed E-state index contributed by atoms with van der Waals surface area (Å²) < 4.78 is 10.4. The molecule has 1 atom stereocenters. The molecule has 1 unspecified atom stereocenters. The first-order chi connectivity index (χ1) is 10.2. The molecule has 0 aliphatic rings. The van der Waals surface area contributed by atoms with E-state index in [1.807, 2.05) is 54.6 Å². The van der Waals surface area contributed by atoms with Crippen molar-refractivity contribution >= 4 is 5.97 Å². The van der Waals surface area contributed by atoms with Crippen molar-refractivity contribution in [2.45, 2.75) is 19.1 Å². The van der Waals surface area contributed by atoms with Crippen molar-refractivity contribution in [3.05, 3.63) is 65.7 Å². The molecule has 0 radical (unpaired) electrons. The number of nitrogens with two attached hydrogens (primary N) is 1. The van der Waals surface area contributed by atoms with Gasteiger partial charge in [-0.25, -0.2) is 0 Å². The van der Waals surface area contributed by atoms with Gasteiger partial charge in [-0.1, -0.05) is 42.5 Å². The Kier molecular flexibility index (Phi) is 5.35. The van der Waals surface area contributed by atoms with Crippen LogP contribution in [0.3, 0.4) is 0 Å². The van der Waals surface area contributed by atoms with Gasteiger partial charge in [0, 0.05) is 6.04 Å². The predicted octanol–water partition coefficient (Wildman–Crippen LogP) is 2.83. The van der Waals surface area contributed by atoms with E-state index < -0.39 is 0 Å². The lowest BCUT2D eigenvalue weighted by Crippen LogP contribution is -2.17. The van der Waals surface area contributed by atoms with Gasteiger partial charge in [0.1, 0.15) is 12.4 Å². The Labute approximate surface area is 124 Å². The topological polar surface area (TPSA) is 61.5 Å². The number of ether oxygens (including phenoxy) is 2. The molecule has 0 aliphatic carbocycles. The summed E-state index contributed by atoms with van der Waals surface area (Å²) >= 11 is 0. The van der Waals surface area contributed by atoms with Crippen molar-refractivity contribution in [3.63, 3.8) is 0 Å². The second-order valence-corrected chi connectivity index (χ2v) is 4.73. The van der Waals surface area contributed by atoms with Crippen LogP contribution in [-0.4, -0.2) is 13.1 Å². The van der Waals surface area contributed by atoms with Crippen LogP contribution in [0.5, 0.6) is 5.75 Å². The Bertz CT molecular complexity index is 584. The lowest BCUT2D eigenvalue weighted by molar-refractivity contribution is -0.145. The Morgan fingerprint density at radius 2 is 1.90 bits per heavy atom. The number of rotatable bonds is 6. The number of hydrogen-bond donors (Lipinski definition) is 1. The van der Waals surface area contributed by atoms with E-state index in [2.05, 4.69) is 0 Å². The van der Waals surface area contributed by atoms with E-state index in [-0.39, 0.29) is 25.0 Å². The summed E-state index contributed by atoms with van der Waals surface area (Å²) in [6, 6.07) is 16.6. The van der Waals surface area contributed by atoms with Gasteiger partial charge in [0.2, 0.25) is 0 Å². The van der Waals surface area contributed by atoms with Gasteiger partial charge >= 0.3 is 5.97 Å². The number of esters is 1. The zero-order valence-corrected chi connectivity index (χ0v) is 12.0. The molecule has 0 spiro atoms. The van der Waals surface area contributed by atoms with E-state index in [9.17, 15) is 4.79 Å². The molecule has 21 heavy (non-hydrogen) atoms. The second kappa shape index (κ2) is 7.45. The van der Waals surface area contributed by atoms with Crippen molar-refractivity contribution in [2.24, 2.45) is 5.73 Å². The van der Waals surface area contributed by atoms with Gasteiger partial charge < -0.3 is 15.2 Å². The highest BCUT2D eigenvalue weighted by molar-refractivity contribution is 5.70. The number of hydrogen-bond acceptors (Lipinski definition) is 4. The maximum absolute atomic E-state index is 11.8. The molecular weight excluding hydrogens is 266 g/mol. The van der Waals surface area contributed by atoms with Crippen LogP contribution in [0.4, 0.5) is 0 Å². The van der Waals surface area contributed by atoms with Crippen LogP contribution < -0.4 is 10.5 Å². The number of benzene rings is 2. The maximum Gasteiger partial charge on any atom is 0.308 e. The zero-order chi connectivity index (χ0) is 15.1.